The van der Waals surface area contributed by atoms with Crippen molar-refractivity contribution in [3.8, 4) is 0 Å². The fraction of sp³-hybridized carbons (Fsp3) is 0.889. The number of carbonyl (C=O) groups is 1. The molecule has 1 unspecified atom stereocenters. The van der Waals surface area contributed by atoms with Crippen LogP contribution in [0.25, 0.3) is 0 Å². The zero-order chi connectivity index (χ0) is 8.88. The molecule has 0 bridgehead atoms. The molecular weight excluding hydrogens is 152 g/mol. The van der Waals surface area contributed by atoms with Gasteiger partial charge >= 0.3 is 0 Å². The zero-order valence-electron chi connectivity index (χ0n) is 7.66. The predicted octanol–water partition coefficient (Wildman–Crippen LogP) is 0.200. The quantitative estimate of drug-likeness (QED) is 0.608. The fourth-order valence-electron chi connectivity index (χ4n) is 2.52. The Balaban J connectivity index is 2.11. The number of amides is 1. The van der Waals surface area contributed by atoms with E-state index < -0.39 is 0 Å². The Labute approximate surface area is 72.9 Å². The maximum absolute atomic E-state index is 11.2. The standard InChI is InChI=1S/C9H16N2O/c1-5(10)9-8-3-7(8)4-11(9)6(2)12/h5,7-9H,3-4,10H2,1-2H3/t5?,7-,8-,9-/m1/s1. The van der Waals surface area contributed by atoms with Gasteiger partial charge in [-0.2, -0.15) is 0 Å². The van der Waals surface area contributed by atoms with Crippen molar-refractivity contribution in [1.82, 2.24) is 4.90 Å². The van der Waals surface area contributed by atoms with Crippen molar-refractivity contribution in [3.63, 3.8) is 0 Å². The molecule has 1 amide bonds. The Hall–Kier alpha value is -0.570. The summed E-state index contributed by atoms with van der Waals surface area (Å²) in [4.78, 5) is 13.1. The monoisotopic (exact) mass is 168 g/mol. The van der Waals surface area contributed by atoms with E-state index in [0.717, 1.165) is 12.5 Å². The van der Waals surface area contributed by atoms with Gasteiger partial charge in [-0.25, -0.2) is 0 Å². The molecule has 2 N–H and O–H groups in total. The van der Waals surface area contributed by atoms with Gasteiger partial charge in [-0.05, 0) is 25.2 Å². The average molecular weight is 168 g/mol. The van der Waals surface area contributed by atoms with E-state index in [1.807, 2.05) is 11.8 Å². The molecule has 3 heteroatoms. The maximum atomic E-state index is 11.2. The Morgan fingerprint density at radius 1 is 1.67 bits per heavy atom. The van der Waals surface area contributed by atoms with Gasteiger partial charge in [0.2, 0.25) is 5.91 Å². The van der Waals surface area contributed by atoms with Crippen molar-refractivity contribution in [3.05, 3.63) is 0 Å². The highest BCUT2D eigenvalue weighted by Gasteiger charge is 2.54. The summed E-state index contributed by atoms with van der Waals surface area (Å²) in [6.45, 7) is 4.59. The minimum absolute atomic E-state index is 0.131. The van der Waals surface area contributed by atoms with E-state index in [1.165, 1.54) is 6.42 Å². The van der Waals surface area contributed by atoms with Crippen molar-refractivity contribution < 1.29 is 4.79 Å². The van der Waals surface area contributed by atoms with Gasteiger partial charge in [-0.3, -0.25) is 4.79 Å². The number of nitrogens with zero attached hydrogens (tertiary/aromatic N) is 1. The molecule has 1 heterocycles. The first kappa shape index (κ1) is 8.05. The second-order valence-electron chi connectivity index (χ2n) is 4.18. The lowest BCUT2D eigenvalue weighted by atomic mass is 10.1. The van der Waals surface area contributed by atoms with Crippen LogP contribution in [0, 0.1) is 11.8 Å². The molecule has 0 aromatic heterocycles. The molecule has 0 spiro atoms. The van der Waals surface area contributed by atoms with Crippen molar-refractivity contribution >= 4 is 5.91 Å². The third kappa shape index (κ3) is 1.04. The van der Waals surface area contributed by atoms with Crippen LogP contribution in [0.5, 0.6) is 0 Å². The van der Waals surface area contributed by atoms with Gasteiger partial charge in [0.05, 0.1) is 0 Å². The van der Waals surface area contributed by atoms with Crippen molar-refractivity contribution in [2.45, 2.75) is 32.4 Å². The number of piperidine rings is 1. The summed E-state index contributed by atoms with van der Waals surface area (Å²) in [5.41, 5.74) is 5.85. The van der Waals surface area contributed by atoms with Gasteiger partial charge in [0.1, 0.15) is 0 Å². The van der Waals surface area contributed by atoms with E-state index in [9.17, 15) is 4.79 Å². The van der Waals surface area contributed by atoms with E-state index in [0.29, 0.717) is 12.0 Å². The molecule has 4 atom stereocenters. The molecule has 0 aromatic rings. The van der Waals surface area contributed by atoms with Gasteiger partial charge in [0.25, 0.3) is 0 Å². The maximum Gasteiger partial charge on any atom is 0.219 e. The summed E-state index contributed by atoms with van der Waals surface area (Å²) in [5.74, 6) is 1.67. The molecule has 0 radical (unpaired) electrons. The topological polar surface area (TPSA) is 46.3 Å². The molecule has 3 nitrogen and oxygen atoms in total. The minimum Gasteiger partial charge on any atom is -0.338 e. The lowest BCUT2D eigenvalue weighted by Gasteiger charge is -2.29. The Morgan fingerprint density at radius 2 is 2.33 bits per heavy atom. The van der Waals surface area contributed by atoms with Crippen LogP contribution in [0.2, 0.25) is 0 Å². The SMILES string of the molecule is CC(=O)N1C[C@H]2C[C@H]2[C@H]1C(C)N. The third-order valence-electron chi connectivity index (χ3n) is 3.15. The first-order chi connectivity index (χ1) is 5.61. The molecule has 1 saturated heterocycles. The highest BCUT2D eigenvalue weighted by atomic mass is 16.2. The van der Waals surface area contributed by atoms with E-state index in [4.69, 9.17) is 5.73 Å². The molecule has 2 rings (SSSR count). The summed E-state index contributed by atoms with van der Waals surface area (Å²) in [5, 5.41) is 0. The summed E-state index contributed by atoms with van der Waals surface area (Å²) in [6.07, 6.45) is 1.29. The van der Waals surface area contributed by atoms with Crippen LogP contribution >= 0.6 is 0 Å². The van der Waals surface area contributed by atoms with Crippen LogP contribution in [0.4, 0.5) is 0 Å². The molecule has 68 valence electrons. The van der Waals surface area contributed by atoms with Crippen molar-refractivity contribution in [2.75, 3.05) is 6.54 Å². The van der Waals surface area contributed by atoms with Gasteiger partial charge < -0.3 is 10.6 Å². The summed E-state index contributed by atoms with van der Waals surface area (Å²) in [6, 6.07) is 0.457. The first-order valence-electron chi connectivity index (χ1n) is 4.64. The number of fused-ring (bicyclic) bond motifs is 1. The number of hydrogen-bond donors (Lipinski definition) is 1. The number of carbonyl (C=O) groups excluding carboxylic acids is 1. The Bertz CT molecular complexity index is 215. The summed E-state index contributed by atoms with van der Waals surface area (Å²) < 4.78 is 0. The number of likely N-dealkylation sites (tertiary alicyclic amines) is 1. The third-order valence-corrected chi connectivity index (χ3v) is 3.15. The highest BCUT2D eigenvalue weighted by Crippen LogP contribution is 2.50. The molecular formula is C9H16N2O. The second-order valence-corrected chi connectivity index (χ2v) is 4.18. The fourth-order valence-corrected chi connectivity index (χ4v) is 2.52. The molecule has 1 aliphatic heterocycles. The Morgan fingerprint density at radius 3 is 2.75 bits per heavy atom. The van der Waals surface area contributed by atoms with Gasteiger partial charge in [0, 0.05) is 25.6 Å². The molecule has 1 saturated carbocycles. The lowest BCUT2D eigenvalue weighted by molar-refractivity contribution is -0.130. The van der Waals surface area contributed by atoms with Crippen LogP contribution in [0.1, 0.15) is 20.3 Å². The van der Waals surface area contributed by atoms with Gasteiger partial charge in [-0.15, -0.1) is 0 Å². The molecule has 1 aliphatic carbocycles. The van der Waals surface area contributed by atoms with Crippen molar-refractivity contribution in [2.24, 2.45) is 17.6 Å². The van der Waals surface area contributed by atoms with Crippen LogP contribution in [0.3, 0.4) is 0 Å². The summed E-state index contributed by atoms with van der Waals surface area (Å²) >= 11 is 0. The Kier molecular flexibility index (Phi) is 1.65. The van der Waals surface area contributed by atoms with Crippen LogP contribution in [-0.2, 0) is 4.79 Å². The van der Waals surface area contributed by atoms with Gasteiger partial charge in [-0.1, -0.05) is 0 Å². The van der Waals surface area contributed by atoms with E-state index >= 15 is 0 Å². The minimum atomic E-state index is 0.131. The lowest BCUT2D eigenvalue weighted by Crippen LogP contribution is -2.47. The molecule has 12 heavy (non-hydrogen) atoms. The largest absolute Gasteiger partial charge is 0.338 e. The smallest absolute Gasteiger partial charge is 0.219 e. The average Bonchev–Trinajstić information content (AvgIpc) is 2.60. The van der Waals surface area contributed by atoms with E-state index in [-0.39, 0.29) is 11.9 Å². The van der Waals surface area contributed by atoms with Crippen LogP contribution in [-0.4, -0.2) is 29.4 Å². The summed E-state index contributed by atoms with van der Waals surface area (Å²) in [7, 11) is 0. The van der Waals surface area contributed by atoms with Crippen LogP contribution < -0.4 is 5.73 Å². The van der Waals surface area contributed by atoms with Crippen molar-refractivity contribution in [1.29, 1.82) is 0 Å². The van der Waals surface area contributed by atoms with Crippen LogP contribution in [0.15, 0.2) is 0 Å². The number of hydrogen-bond acceptors (Lipinski definition) is 2. The second kappa shape index (κ2) is 2.46. The molecule has 0 aromatic carbocycles. The zero-order valence-corrected chi connectivity index (χ0v) is 7.66. The molecule has 2 fully saturated rings. The van der Waals surface area contributed by atoms with Gasteiger partial charge in [0.15, 0.2) is 0 Å². The van der Waals surface area contributed by atoms with E-state index in [2.05, 4.69) is 0 Å². The normalized spacial score (nSPS) is 40.9. The first-order valence-corrected chi connectivity index (χ1v) is 4.64. The number of nitrogens with two attached hydrogens (primary N) is 1. The van der Waals surface area contributed by atoms with E-state index in [1.54, 1.807) is 6.92 Å². The highest BCUT2D eigenvalue weighted by molar-refractivity contribution is 5.74. The predicted molar refractivity (Wildman–Crippen MR) is 46.4 cm³/mol. The molecule has 2 aliphatic rings. The number of rotatable bonds is 1.